The Morgan fingerprint density at radius 1 is 1.45 bits per heavy atom. The molecule has 0 saturated carbocycles. The molecule has 62 valence electrons. The Morgan fingerprint density at radius 3 is 2.36 bits per heavy atom. The van der Waals surface area contributed by atoms with Crippen LogP contribution in [0.5, 0.6) is 0 Å². The van der Waals surface area contributed by atoms with E-state index in [0.717, 1.165) is 19.5 Å². The first-order valence-electron chi connectivity index (χ1n) is 4.18. The predicted octanol–water partition coefficient (Wildman–Crippen LogP) is 1.63. The number of hydrogen-bond acceptors (Lipinski definition) is 2. The van der Waals surface area contributed by atoms with Crippen LogP contribution in [-0.2, 0) is 0 Å². The van der Waals surface area contributed by atoms with Gasteiger partial charge in [0.1, 0.15) is 0 Å². The summed E-state index contributed by atoms with van der Waals surface area (Å²) < 4.78 is 0. The smallest absolute Gasteiger partial charge is 0.0669 e. The second kappa shape index (κ2) is 2.83. The van der Waals surface area contributed by atoms with Gasteiger partial charge in [-0.3, -0.25) is 4.90 Å². The lowest BCUT2D eigenvalue weighted by molar-refractivity contribution is 0.172. The van der Waals surface area contributed by atoms with Crippen molar-refractivity contribution in [2.75, 3.05) is 13.1 Å². The highest BCUT2D eigenvalue weighted by molar-refractivity contribution is 4.94. The highest BCUT2D eigenvalue weighted by Crippen LogP contribution is 2.23. The standard InChI is InChI=1S/C9H16N2/c1-9(2,3)11-5-4-8(6-10)7-11/h8H,4-5,7H2,1-3H3/t8-/m0/s1. The van der Waals surface area contributed by atoms with Gasteiger partial charge in [-0.2, -0.15) is 5.26 Å². The molecule has 1 heterocycles. The highest BCUT2D eigenvalue weighted by atomic mass is 15.2. The third kappa shape index (κ3) is 1.94. The molecule has 1 rings (SSSR count). The molecule has 0 unspecified atom stereocenters. The van der Waals surface area contributed by atoms with Crippen LogP contribution >= 0.6 is 0 Å². The van der Waals surface area contributed by atoms with Crippen LogP contribution in [0, 0.1) is 17.2 Å². The van der Waals surface area contributed by atoms with Gasteiger partial charge in [0.2, 0.25) is 0 Å². The molecule has 0 spiro atoms. The molecule has 2 heteroatoms. The third-order valence-corrected chi connectivity index (χ3v) is 2.32. The van der Waals surface area contributed by atoms with E-state index in [2.05, 4.69) is 31.7 Å². The van der Waals surface area contributed by atoms with Crippen LogP contribution in [0.4, 0.5) is 0 Å². The van der Waals surface area contributed by atoms with Crippen LogP contribution < -0.4 is 0 Å². The first kappa shape index (κ1) is 8.55. The van der Waals surface area contributed by atoms with Crippen LogP contribution in [0.15, 0.2) is 0 Å². The quantitative estimate of drug-likeness (QED) is 0.527. The lowest BCUT2D eigenvalue weighted by atomic mass is 10.1. The molecule has 0 radical (unpaired) electrons. The molecule has 1 saturated heterocycles. The molecular formula is C9H16N2. The normalized spacial score (nSPS) is 26.9. The summed E-state index contributed by atoms with van der Waals surface area (Å²) in [6.07, 6.45) is 1.05. The monoisotopic (exact) mass is 152 g/mol. The second-order valence-electron chi connectivity index (χ2n) is 4.23. The lowest BCUT2D eigenvalue weighted by Crippen LogP contribution is -2.39. The summed E-state index contributed by atoms with van der Waals surface area (Å²) in [5, 5.41) is 8.67. The van der Waals surface area contributed by atoms with Gasteiger partial charge >= 0.3 is 0 Å². The van der Waals surface area contributed by atoms with E-state index >= 15 is 0 Å². The van der Waals surface area contributed by atoms with Crippen molar-refractivity contribution in [3.05, 3.63) is 0 Å². The molecule has 0 N–H and O–H groups in total. The Kier molecular flexibility index (Phi) is 2.20. The molecule has 11 heavy (non-hydrogen) atoms. The average Bonchev–Trinajstić information content (AvgIpc) is 2.32. The Balaban J connectivity index is 2.50. The first-order valence-corrected chi connectivity index (χ1v) is 4.18. The number of likely N-dealkylation sites (tertiary alicyclic amines) is 1. The molecule has 2 nitrogen and oxygen atoms in total. The number of rotatable bonds is 0. The van der Waals surface area contributed by atoms with E-state index in [1.165, 1.54) is 0 Å². The van der Waals surface area contributed by atoms with Crippen molar-refractivity contribution in [2.45, 2.75) is 32.7 Å². The summed E-state index contributed by atoms with van der Waals surface area (Å²) in [5.41, 5.74) is 0.242. The molecule has 1 fully saturated rings. The maximum Gasteiger partial charge on any atom is 0.0669 e. The van der Waals surface area contributed by atoms with Crippen molar-refractivity contribution in [3.8, 4) is 6.07 Å². The molecule has 1 aliphatic rings. The summed E-state index contributed by atoms with van der Waals surface area (Å²) in [5.74, 6) is 0.272. The SMILES string of the molecule is CC(C)(C)N1CC[C@@H](C#N)C1. The molecular weight excluding hydrogens is 136 g/mol. The summed E-state index contributed by atoms with van der Waals surface area (Å²) >= 11 is 0. The zero-order valence-corrected chi connectivity index (χ0v) is 7.59. The molecule has 0 aromatic rings. The molecule has 1 atom stereocenters. The maximum atomic E-state index is 8.67. The van der Waals surface area contributed by atoms with Gasteiger partial charge < -0.3 is 0 Å². The topological polar surface area (TPSA) is 27.0 Å². The summed E-state index contributed by atoms with van der Waals surface area (Å²) in [6, 6.07) is 2.32. The Morgan fingerprint density at radius 2 is 2.09 bits per heavy atom. The molecule has 0 aliphatic carbocycles. The lowest BCUT2D eigenvalue weighted by Gasteiger charge is -2.31. The van der Waals surface area contributed by atoms with Gasteiger partial charge in [-0.25, -0.2) is 0 Å². The van der Waals surface area contributed by atoms with Crippen LogP contribution in [-0.4, -0.2) is 23.5 Å². The van der Waals surface area contributed by atoms with Crippen molar-refractivity contribution in [3.63, 3.8) is 0 Å². The van der Waals surface area contributed by atoms with Gasteiger partial charge in [0, 0.05) is 12.1 Å². The molecule has 0 amide bonds. The Hall–Kier alpha value is -0.550. The zero-order valence-electron chi connectivity index (χ0n) is 7.59. The van der Waals surface area contributed by atoms with Crippen molar-refractivity contribution in [1.29, 1.82) is 5.26 Å². The minimum Gasteiger partial charge on any atom is -0.297 e. The van der Waals surface area contributed by atoms with Gasteiger partial charge in [-0.05, 0) is 33.7 Å². The van der Waals surface area contributed by atoms with Crippen LogP contribution in [0.25, 0.3) is 0 Å². The van der Waals surface area contributed by atoms with Crippen LogP contribution in [0.1, 0.15) is 27.2 Å². The van der Waals surface area contributed by atoms with Gasteiger partial charge in [0.25, 0.3) is 0 Å². The third-order valence-electron chi connectivity index (χ3n) is 2.32. The Labute approximate surface area is 68.8 Å². The fraction of sp³-hybridized carbons (Fsp3) is 0.889. The number of hydrogen-bond donors (Lipinski definition) is 0. The van der Waals surface area contributed by atoms with Crippen molar-refractivity contribution in [1.82, 2.24) is 4.90 Å². The second-order valence-corrected chi connectivity index (χ2v) is 4.23. The maximum absolute atomic E-state index is 8.67. The Bertz CT molecular complexity index is 173. The van der Waals surface area contributed by atoms with Gasteiger partial charge in [0.15, 0.2) is 0 Å². The minimum atomic E-state index is 0.242. The summed E-state index contributed by atoms with van der Waals surface area (Å²) in [4.78, 5) is 2.38. The van der Waals surface area contributed by atoms with E-state index in [1.54, 1.807) is 0 Å². The fourth-order valence-corrected chi connectivity index (χ4v) is 1.47. The number of nitriles is 1. The van der Waals surface area contributed by atoms with E-state index in [1.807, 2.05) is 0 Å². The van der Waals surface area contributed by atoms with Crippen molar-refractivity contribution >= 4 is 0 Å². The largest absolute Gasteiger partial charge is 0.297 e. The van der Waals surface area contributed by atoms with Gasteiger partial charge in [-0.1, -0.05) is 0 Å². The van der Waals surface area contributed by atoms with E-state index in [-0.39, 0.29) is 11.5 Å². The van der Waals surface area contributed by atoms with E-state index < -0.39 is 0 Å². The molecule has 1 aliphatic heterocycles. The summed E-state index contributed by atoms with van der Waals surface area (Å²) in [6.45, 7) is 8.65. The first-order chi connectivity index (χ1) is 5.04. The van der Waals surface area contributed by atoms with Crippen LogP contribution in [0.2, 0.25) is 0 Å². The van der Waals surface area contributed by atoms with Gasteiger partial charge in [0.05, 0.1) is 12.0 Å². The average molecular weight is 152 g/mol. The van der Waals surface area contributed by atoms with Gasteiger partial charge in [-0.15, -0.1) is 0 Å². The van der Waals surface area contributed by atoms with Crippen molar-refractivity contribution < 1.29 is 0 Å². The van der Waals surface area contributed by atoms with E-state index in [4.69, 9.17) is 5.26 Å². The highest BCUT2D eigenvalue weighted by Gasteiger charge is 2.29. The van der Waals surface area contributed by atoms with E-state index in [9.17, 15) is 0 Å². The fourth-order valence-electron chi connectivity index (χ4n) is 1.47. The predicted molar refractivity (Wildman–Crippen MR) is 45.0 cm³/mol. The molecule has 0 aromatic heterocycles. The summed E-state index contributed by atoms with van der Waals surface area (Å²) in [7, 11) is 0. The number of nitrogens with zero attached hydrogens (tertiary/aromatic N) is 2. The van der Waals surface area contributed by atoms with Crippen molar-refractivity contribution in [2.24, 2.45) is 5.92 Å². The molecule has 0 aromatic carbocycles. The zero-order chi connectivity index (χ0) is 8.48. The van der Waals surface area contributed by atoms with E-state index in [0.29, 0.717) is 0 Å². The molecule has 0 bridgehead atoms. The minimum absolute atomic E-state index is 0.242. The van der Waals surface area contributed by atoms with Crippen LogP contribution in [0.3, 0.4) is 0 Å².